The number of nitrogens with zero attached hydrogens (tertiary/aromatic N) is 1. The second kappa shape index (κ2) is 4.45. The van der Waals surface area contributed by atoms with E-state index in [9.17, 15) is 9.59 Å². The highest BCUT2D eigenvalue weighted by atomic mass is 16.4. The summed E-state index contributed by atoms with van der Waals surface area (Å²) in [7, 11) is 0. The molecule has 0 saturated heterocycles. The molecular weight excluding hydrogens is 222 g/mol. The minimum Gasteiger partial charge on any atom is -0.481 e. The molecule has 1 atom stereocenters. The van der Waals surface area contributed by atoms with Gasteiger partial charge in [0.2, 0.25) is 0 Å². The van der Waals surface area contributed by atoms with Crippen LogP contribution >= 0.6 is 0 Å². The second-order valence-corrected chi connectivity index (χ2v) is 4.04. The molecular formula is C12H13NO4. The molecule has 17 heavy (non-hydrogen) atoms. The molecule has 1 heterocycles. The van der Waals surface area contributed by atoms with Gasteiger partial charge in [-0.15, -0.1) is 0 Å². The van der Waals surface area contributed by atoms with Crippen LogP contribution in [0, 0.1) is 0 Å². The first-order chi connectivity index (χ1) is 8.09. The molecule has 0 fully saturated rings. The molecule has 1 amide bonds. The van der Waals surface area contributed by atoms with Crippen LogP contribution in [-0.2, 0) is 11.2 Å². The van der Waals surface area contributed by atoms with Gasteiger partial charge in [0.25, 0.3) is 0 Å². The van der Waals surface area contributed by atoms with E-state index in [1.54, 1.807) is 12.1 Å². The lowest BCUT2D eigenvalue weighted by Crippen LogP contribution is -2.40. The molecule has 1 aliphatic heterocycles. The number of carbonyl (C=O) groups is 2. The van der Waals surface area contributed by atoms with Crippen LogP contribution in [0.5, 0.6) is 0 Å². The van der Waals surface area contributed by atoms with Gasteiger partial charge in [-0.05, 0) is 17.5 Å². The fourth-order valence-corrected chi connectivity index (χ4v) is 2.27. The van der Waals surface area contributed by atoms with Crippen molar-refractivity contribution >= 4 is 12.1 Å². The van der Waals surface area contributed by atoms with Crippen molar-refractivity contribution < 1.29 is 19.8 Å². The lowest BCUT2D eigenvalue weighted by atomic mass is 9.91. The summed E-state index contributed by atoms with van der Waals surface area (Å²) in [5, 5.41) is 18.0. The average molecular weight is 235 g/mol. The molecule has 1 aromatic carbocycles. The maximum absolute atomic E-state index is 11.1. The maximum Gasteiger partial charge on any atom is 0.407 e. The summed E-state index contributed by atoms with van der Waals surface area (Å²) in [5.41, 5.74) is 1.85. The molecule has 0 aliphatic carbocycles. The summed E-state index contributed by atoms with van der Waals surface area (Å²) in [6.07, 6.45) is -0.618. The summed E-state index contributed by atoms with van der Waals surface area (Å²) < 4.78 is 0. The maximum atomic E-state index is 11.1. The summed E-state index contributed by atoms with van der Waals surface area (Å²) >= 11 is 0. The number of amides is 1. The summed E-state index contributed by atoms with van der Waals surface area (Å²) in [6.45, 7) is 0.351. The van der Waals surface area contributed by atoms with Crippen LogP contribution < -0.4 is 0 Å². The number of carboxylic acids is 1. The Morgan fingerprint density at radius 1 is 1.29 bits per heavy atom. The molecule has 2 N–H and O–H groups in total. The number of fused-ring (bicyclic) bond motifs is 1. The minimum atomic E-state index is -1.06. The second-order valence-electron chi connectivity index (χ2n) is 4.04. The number of aliphatic carboxylic acids is 1. The number of rotatable bonds is 2. The van der Waals surface area contributed by atoms with Gasteiger partial charge in [0, 0.05) is 6.54 Å². The van der Waals surface area contributed by atoms with Gasteiger partial charge in [0.1, 0.15) is 0 Å². The lowest BCUT2D eigenvalue weighted by Gasteiger charge is -2.34. The standard InChI is InChI=1S/C12H13NO4/c14-11(15)7-10-9-4-2-1-3-8(9)5-6-13(10)12(16)17/h1-4,10H,5-7H2,(H,14,15)(H,16,17). The molecule has 5 heteroatoms. The first kappa shape index (κ1) is 11.4. The van der Waals surface area contributed by atoms with Gasteiger partial charge in [-0.2, -0.15) is 0 Å². The Balaban J connectivity index is 2.38. The van der Waals surface area contributed by atoms with E-state index in [-0.39, 0.29) is 6.42 Å². The zero-order valence-corrected chi connectivity index (χ0v) is 9.17. The molecule has 90 valence electrons. The highest BCUT2D eigenvalue weighted by molar-refractivity contribution is 5.71. The first-order valence-corrected chi connectivity index (χ1v) is 5.38. The minimum absolute atomic E-state index is 0.191. The van der Waals surface area contributed by atoms with Crippen molar-refractivity contribution in [3.8, 4) is 0 Å². The van der Waals surface area contributed by atoms with Crippen molar-refractivity contribution in [3.05, 3.63) is 35.4 Å². The fourth-order valence-electron chi connectivity index (χ4n) is 2.27. The Morgan fingerprint density at radius 3 is 2.65 bits per heavy atom. The highest BCUT2D eigenvalue weighted by Gasteiger charge is 2.31. The molecule has 0 saturated carbocycles. The van der Waals surface area contributed by atoms with Gasteiger partial charge in [0.15, 0.2) is 0 Å². The van der Waals surface area contributed by atoms with E-state index in [1.165, 1.54) is 4.90 Å². The van der Waals surface area contributed by atoms with Crippen LogP contribution in [0.2, 0.25) is 0 Å². The van der Waals surface area contributed by atoms with Crippen molar-refractivity contribution in [2.45, 2.75) is 18.9 Å². The van der Waals surface area contributed by atoms with E-state index in [2.05, 4.69) is 0 Å². The molecule has 0 spiro atoms. The third-order valence-electron chi connectivity index (χ3n) is 3.03. The molecule has 0 bridgehead atoms. The number of benzene rings is 1. The van der Waals surface area contributed by atoms with Crippen LogP contribution in [0.3, 0.4) is 0 Å². The van der Waals surface area contributed by atoms with Gasteiger partial charge >= 0.3 is 12.1 Å². The Morgan fingerprint density at radius 2 is 2.00 bits per heavy atom. The van der Waals surface area contributed by atoms with Gasteiger partial charge in [0.05, 0.1) is 12.5 Å². The Hall–Kier alpha value is -2.04. The molecule has 1 aromatic rings. The Bertz CT molecular complexity index is 458. The normalized spacial score (nSPS) is 18.6. The van der Waals surface area contributed by atoms with E-state index < -0.39 is 18.1 Å². The predicted octanol–water partition coefficient (Wildman–Crippen LogP) is 1.74. The van der Waals surface area contributed by atoms with Gasteiger partial charge in [-0.25, -0.2) is 4.79 Å². The van der Waals surface area contributed by atoms with E-state index in [1.807, 2.05) is 12.1 Å². The van der Waals surface area contributed by atoms with Crippen molar-refractivity contribution in [1.82, 2.24) is 4.90 Å². The van der Waals surface area contributed by atoms with E-state index in [0.29, 0.717) is 13.0 Å². The molecule has 0 aromatic heterocycles. The zero-order chi connectivity index (χ0) is 12.4. The zero-order valence-electron chi connectivity index (χ0n) is 9.17. The van der Waals surface area contributed by atoms with Crippen molar-refractivity contribution in [1.29, 1.82) is 0 Å². The number of carboxylic acid groups (broad SMARTS) is 2. The molecule has 0 radical (unpaired) electrons. The van der Waals surface area contributed by atoms with Crippen molar-refractivity contribution in [2.75, 3.05) is 6.54 Å². The van der Waals surface area contributed by atoms with Crippen LogP contribution in [0.15, 0.2) is 24.3 Å². The Kier molecular flexibility index (Phi) is 2.99. The van der Waals surface area contributed by atoms with E-state index >= 15 is 0 Å². The van der Waals surface area contributed by atoms with Crippen LogP contribution in [0.4, 0.5) is 4.79 Å². The van der Waals surface area contributed by atoms with Crippen molar-refractivity contribution in [3.63, 3.8) is 0 Å². The van der Waals surface area contributed by atoms with Crippen LogP contribution in [-0.4, -0.2) is 33.7 Å². The largest absolute Gasteiger partial charge is 0.481 e. The third kappa shape index (κ3) is 2.22. The van der Waals surface area contributed by atoms with Gasteiger partial charge in [-0.1, -0.05) is 24.3 Å². The lowest BCUT2D eigenvalue weighted by molar-refractivity contribution is -0.138. The summed E-state index contributed by atoms with van der Waals surface area (Å²) in [4.78, 5) is 23.1. The smallest absolute Gasteiger partial charge is 0.407 e. The molecule has 5 nitrogen and oxygen atoms in total. The molecule has 1 unspecified atom stereocenters. The monoisotopic (exact) mass is 235 g/mol. The van der Waals surface area contributed by atoms with E-state index in [4.69, 9.17) is 10.2 Å². The Labute approximate surface area is 98.3 Å². The average Bonchev–Trinajstić information content (AvgIpc) is 2.28. The highest BCUT2D eigenvalue weighted by Crippen LogP contribution is 2.32. The summed E-state index contributed by atoms with van der Waals surface area (Å²) in [6, 6.07) is 6.84. The van der Waals surface area contributed by atoms with Gasteiger partial charge in [-0.3, -0.25) is 4.79 Å². The van der Waals surface area contributed by atoms with Crippen LogP contribution in [0.25, 0.3) is 0 Å². The van der Waals surface area contributed by atoms with E-state index in [0.717, 1.165) is 11.1 Å². The number of hydrogen-bond donors (Lipinski definition) is 2. The van der Waals surface area contributed by atoms with Gasteiger partial charge < -0.3 is 15.1 Å². The van der Waals surface area contributed by atoms with Crippen molar-refractivity contribution in [2.24, 2.45) is 0 Å². The topological polar surface area (TPSA) is 77.8 Å². The number of hydrogen-bond acceptors (Lipinski definition) is 2. The third-order valence-corrected chi connectivity index (χ3v) is 3.03. The predicted molar refractivity (Wildman–Crippen MR) is 59.9 cm³/mol. The fraction of sp³-hybridized carbons (Fsp3) is 0.333. The SMILES string of the molecule is O=C(O)CC1c2ccccc2CCN1C(=O)O. The van der Waals surface area contributed by atoms with Crippen LogP contribution in [0.1, 0.15) is 23.6 Å². The quantitative estimate of drug-likeness (QED) is 0.818. The summed E-state index contributed by atoms with van der Waals surface area (Å²) in [5.74, 6) is -0.988. The first-order valence-electron chi connectivity index (χ1n) is 5.38. The molecule has 1 aliphatic rings. The molecule has 2 rings (SSSR count).